The zero-order chi connectivity index (χ0) is 16.8. The Morgan fingerprint density at radius 3 is 2.70 bits per heavy atom. The number of benzene rings is 1. The van der Waals surface area contributed by atoms with E-state index in [-0.39, 0.29) is 6.04 Å². The summed E-state index contributed by atoms with van der Waals surface area (Å²) < 4.78 is 10.3. The van der Waals surface area contributed by atoms with Gasteiger partial charge in [0.25, 0.3) is 5.91 Å². The summed E-state index contributed by atoms with van der Waals surface area (Å²) >= 11 is 0. The molecule has 0 aromatic heterocycles. The van der Waals surface area contributed by atoms with Crippen molar-refractivity contribution in [3.8, 4) is 5.75 Å². The summed E-state index contributed by atoms with van der Waals surface area (Å²) in [5, 5.41) is 4.69. The summed E-state index contributed by atoms with van der Waals surface area (Å²) in [4.78, 5) is 34.6. The number of carbonyl (C=O) groups is 3. The lowest BCUT2D eigenvalue weighted by atomic mass is 10.2. The van der Waals surface area contributed by atoms with Crippen molar-refractivity contribution in [2.45, 2.75) is 38.8 Å². The maximum absolute atomic E-state index is 11.8. The number of rotatable bonds is 6. The molecule has 2 rings (SSSR count). The van der Waals surface area contributed by atoms with Crippen LogP contribution in [0.2, 0.25) is 0 Å². The van der Waals surface area contributed by atoms with E-state index in [1.54, 1.807) is 12.1 Å². The third kappa shape index (κ3) is 5.98. The molecule has 0 aliphatic heterocycles. The summed E-state index contributed by atoms with van der Waals surface area (Å²) in [6.07, 6.45) is 0.986. The molecule has 1 aromatic rings. The number of carbonyl (C=O) groups excluding carboxylic acids is 3. The Balaban J connectivity index is 1.70. The number of urea groups is 1. The Bertz CT molecular complexity index is 598. The fourth-order valence-electron chi connectivity index (χ4n) is 1.81. The lowest BCUT2D eigenvalue weighted by molar-refractivity contribution is -0.154. The van der Waals surface area contributed by atoms with Crippen molar-refractivity contribution in [3.05, 3.63) is 29.8 Å². The Kier molecular flexibility index (Phi) is 5.56. The molecular weight excluding hydrogens is 300 g/mol. The number of esters is 1. The van der Waals surface area contributed by atoms with E-state index < -0.39 is 30.6 Å². The predicted octanol–water partition coefficient (Wildman–Crippen LogP) is 1.29. The summed E-state index contributed by atoms with van der Waals surface area (Å²) in [6, 6.07) is 6.82. The molecule has 0 saturated heterocycles. The highest BCUT2D eigenvalue weighted by Gasteiger charge is 2.24. The van der Waals surface area contributed by atoms with Gasteiger partial charge in [-0.25, -0.2) is 9.59 Å². The molecular formula is C16H20N2O5. The topological polar surface area (TPSA) is 93.7 Å². The molecule has 0 spiro atoms. The van der Waals surface area contributed by atoms with Gasteiger partial charge in [-0.2, -0.15) is 0 Å². The summed E-state index contributed by atoms with van der Waals surface area (Å²) in [5.74, 6) is -0.814. The van der Waals surface area contributed by atoms with Crippen LogP contribution in [0.15, 0.2) is 24.3 Å². The van der Waals surface area contributed by atoms with Crippen LogP contribution in [0.3, 0.4) is 0 Å². The van der Waals surface area contributed by atoms with Crippen molar-refractivity contribution in [2.24, 2.45) is 0 Å². The van der Waals surface area contributed by atoms with Gasteiger partial charge in [-0.3, -0.25) is 10.1 Å². The molecule has 1 fully saturated rings. The van der Waals surface area contributed by atoms with Crippen LogP contribution in [0.25, 0.3) is 0 Å². The van der Waals surface area contributed by atoms with Crippen LogP contribution in [-0.2, 0) is 14.3 Å². The maximum Gasteiger partial charge on any atom is 0.347 e. The van der Waals surface area contributed by atoms with Crippen LogP contribution in [-0.4, -0.2) is 36.7 Å². The smallest absolute Gasteiger partial charge is 0.347 e. The van der Waals surface area contributed by atoms with E-state index in [2.05, 4.69) is 10.6 Å². The summed E-state index contributed by atoms with van der Waals surface area (Å²) in [5.41, 5.74) is 1.00. The molecule has 23 heavy (non-hydrogen) atoms. The third-order valence-corrected chi connectivity index (χ3v) is 3.15. The highest BCUT2D eigenvalue weighted by atomic mass is 16.6. The van der Waals surface area contributed by atoms with Gasteiger partial charge < -0.3 is 14.8 Å². The molecule has 0 unspecified atom stereocenters. The van der Waals surface area contributed by atoms with E-state index in [1.165, 1.54) is 6.92 Å². The van der Waals surface area contributed by atoms with Crippen LogP contribution < -0.4 is 15.4 Å². The van der Waals surface area contributed by atoms with E-state index in [0.29, 0.717) is 5.75 Å². The molecule has 1 aromatic carbocycles. The van der Waals surface area contributed by atoms with E-state index in [9.17, 15) is 14.4 Å². The molecule has 2 N–H and O–H groups in total. The van der Waals surface area contributed by atoms with Gasteiger partial charge in [0.1, 0.15) is 5.75 Å². The van der Waals surface area contributed by atoms with Crippen molar-refractivity contribution in [1.82, 2.24) is 10.6 Å². The van der Waals surface area contributed by atoms with Gasteiger partial charge in [0, 0.05) is 6.04 Å². The van der Waals surface area contributed by atoms with Gasteiger partial charge >= 0.3 is 12.0 Å². The minimum Gasteiger partial charge on any atom is -0.479 e. The first-order valence-corrected chi connectivity index (χ1v) is 7.44. The number of nitrogens with one attached hydrogen (secondary N) is 2. The van der Waals surface area contributed by atoms with Crippen molar-refractivity contribution in [2.75, 3.05) is 6.61 Å². The standard InChI is InChI=1S/C16H20N2O5/c1-10-4-3-5-13(8-10)23-11(2)15(20)22-9-14(19)18-16(21)17-12-6-7-12/h3-5,8,11-12H,6-7,9H2,1-2H3,(H2,17,18,19,21)/t11-/m1/s1. The van der Waals surface area contributed by atoms with Crippen molar-refractivity contribution in [1.29, 1.82) is 0 Å². The number of ether oxygens (including phenoxy) is 2. The fraction of sp³-hybridized carbons (Fsp3) is 0.438. The molecule has 3 amide bonds. The Morgan fingerprint density at radius 1 is 1.30 bits per heavy atom. The molecule has 124 valence electrons. The second-order valence-corrected chi connectivity index (χ2v) is 5.48. The molecule has 0 radical (unpaired) electrons. The van der Waals surface area contributed by atoms with Crippen LogP contribution in [0.5, 0.6) is 5.75 Å². The zero-order valence-electron chi connectivity index (χ0n) is 13.1. The first kappa shape index (κ1) is 16.8. The van der Waals surface area contributed by atoms with E-state index in [1.807, 2.05) is 19.1 Å². The van der Waals surface area contributed by atoms with Crippen molar-refractivity contribution >= 4 is 17.9 Å². The Morgan fingerprint density at radius 2 is 2.04 bits per heavy atom. The number of hydrogen-bond donors (Lipinski definition) is 2. The SMILES string of the molecule is Cc1cccc(O[C@H](C)C(=O)OCC(=O)NC(=O)NC2CC2)c1. The van der Waals surface area contributed by atoms with Crippen LogP contribution in [0.4, 0.5) is 4.79 Å². The average molecular weight is 320 g/mol. The molecule has 1 aliphatic carbocycles. The van der Waals surface area contributed by atoms with Gasteiger partial charge in [0.05, 0.1) is 0 Å². The molecule has 0 bridgehead atoms. The number of imide groups is 1. The van der Waals surface area contributed by atoms with E-state index in [0.717, 1.165) is 18.4 Å². The number of hydrogen-bond acceptors (Lipinski definition) is 5. The molecule has 7 nitrogen and oxygen atoms in total. The number of amides is 3. The predicted molar refractivity (Wildman–Crippen MR) is 81.9 cm³/mol. The van der Waals surface area contributed by atoms with E-state index >= 15 is 0 Å². The first-order chi connectivity index (χ1) is 10.9. The fourth-order valence-corrected chi connectivity index (χ4v) is 1.81. The van der Waals surface area contributed by atoms with Crippen molar-refractivity contribution in [3.63, 3.8) is 0 Å². The van der Waals surface area contributed by atoms with Gasteiger partial charge in [-0.05, 0) is 44.4 Å². The molecule has 1 atom stereocenters. The zero-order valence-corrected chi connectivity index (χ0v) is 13.1. The van der Waals surface area contributed by atoms with Crippen LogP contribution in [0.1, 0.15) is 25.3 Å². The Hall–Kier alpha value is -2.57. The van der Waals surface area contributed by atoms with Crippen molar-refractivity contribution < 1.29 is 23.9 Å². The molecule has 1 saturated carbocycles. The second-order valence-electron chi connectivity index (χ2n) is 5.48. The summed E-state index contributed by atoms with van der Waals surface area (Å²) in [7, 11) is 0. The largest absolute Gasteiger partial charge is 0.479 e. The second kappa shape index (κ2) is 7.62. The first-order valence-electron chi connectivity index (χ1n) is 7.44. The minimum absolute atomic E-state index is 0.146. The lowest BCUT2D eigenvalue weighted by Gasteiger charge is -2.14. The Labute approximate surface area is 134 Å². The highest BCUT2D eigenvalue weighted by Crippen LogP contribution is 2.18. The minimum atomic E-state index is -0.857. The maximum atomic E-state index is 11.8. The average Bonchev–Trinajstić information content (AvgIpc) is 3.28. The number of aryl methyl sites for hydroxylation is 1. The van der Waals surface area contributed by atoms with Gasteiger partial charge in [0.15, 0.2) is 12.7 Å². The lowest BCUT2D eigenvalue weighted by Crippen LogP contribution is -2.42. The van der Waals surface area contributed by atoms with E-state index in [4.69, 9.17) is 9.47 Å². The molecule has 7 heteroatoms. The normalized spacial score (nSPS) is 14.5. The summed E-state index contributed by atoms with van der Waals surface area (Å²) in [6.45, 7) is 2.91. The monoisotopic (exact) mass is 320 g/mol. The third-order valence-electron chi connectivity index (χ3n) is 3.15. The quantitative estimate of drug-likeness (QED) is 0.770. The van der Waals surface area contributed by atoms with Crippen LogP contribution >= 0.6 is 0 Å². The van der Waals surface area contributed by atoms with Gasteiger partial charge in [-0.1, -0.05) is 12.1 Å². The van der Waals surface area contributed by atoms with Gasteiger partial charge in [0.2, 0.25) is 0 Å². The van der Waals surface area contributed by atoms with Crippen LogP contribution in [0, 0.1) is 6.92 Å². The molecule has 0 heterocycles. The van der Waals surface area contributed by atoms with Gasteiger partial charge in [-0.15, -0.1) is 0 Å². The molecule has 1 aliphatic rings. The highest BCUT2D eigenvalue weighted by molar-refractivity contribution is 5.95.